The van der Waals surface area contributed by atoms with Crippen LogP contribution in [0.4, 0.5) is 0 Å². The Morgan fingerprint density at radius 3 is 2.50 bits per heavy atom. The number of carbonyl (C=O) groups excluding carboxylic acids is 2. The van der Waals surface area contributed by atoms with Crippen molar-refractivity contribution in [2.24, 2.45) is 5.73 Å². The van der Waals surface area contributed by atoms with Crippen LogP contribution in [0.1, 0.15) is 21.9 Å². The van der Waals surface area contributed by atoms with Crippen LogP contribution in [0.25, 0.3) is 11.3 Å². The maximum absolute atomic E-state index is 11.3. The van der Waals surface area contributed by atoms with Gasteiger partial charge in [-0.2, -0.15) is 0 Å². The van der Waals surface area contributed by atoms with E-state index in [0.29, 0.717) is 17.1 Å². The van der Waals surface area contributed by atoms with Crippen molar-refractivity contribution in [3.63, 3.8) is 0 Å². The minimum Gasteiger partial charge on any atom is -0.495 e. The lowest BCUT2D eigenvalue weighted by Gasteiger charge is -2.07. The smallest absolute Gasteiger partial charge is 0.284 e. The first kappa shape index (κ1) is 17.2. The molecule has 0 aliphatic carbocycles. The number of primary amides is 1. The van der Waals surface area contributed by atoms with Crippen LogP contribution in [-0.2, 0) is 11.4 Å². The van der Waals surface area contributed by atoms with Crippen LogP contribution in [0.2, 0.25) is 0 Å². The number of nitrogens with zero attached hydrogens (tertiary/aromatic N) is 1. The second-order valence-electron chi connectivity index (χ2n) is 5.33. The molecule has 0 spiro atoms. The predicted molar refractivity (Wildman–Crippen MR) is 92.6 cm³/mol. The number of carbonyl (C=O) groups is 1. The van der Waals surface area contributed by atoms with Gasteiger partial charge in [0.1, 0.15) is 18.1 Å². The normalized spacial score (nSPS) is 10.3. The Bertz CT molecular complexity index is 914. The summed E-state index contributed by atoms with van der Waals surface area (Å²) in [5.74, 6) is 0.285. The first-order valence-corrected chi connectivity index (χ1v) is 7.64. The van der Waals surface area contributed by atoms with Crippen LogP contribution in [0.3, 0.4) is 0 Å². The van der Waals surface area contributed by atoms with Crippen molar-refractivity contribution in [3.8, 4) is 22.8 Å². The van der Waals surface area contributed by atoms with E-state index in [1.54, 1.807) is 31.7 Å². The Balaban J connectivity index is 1.70. The zero-order valence-corrected chi connectivity index (χ0v) is 13.9. The molecular formula is C19H15N2O5. The molecule has 0 saturated heterocycles. The van der Waals surface area contributed by atoms with Crippen molar-refractivity contribution < 1.29 is 23.5 Å². The van der Waals surface area contributed by atoms with Crippen LogP contribution >= 0.6 is 0 Å². The molecule has 1 radical (unpaired) electrons. The number of pyridine rings is 1. The van der Waals surface area contributed by atoms with E-state index in [-0.39, 0.29) is 18.1 Å². The van der Waals surface area contributed by atoms with Crippen molar-refractivity contribution in [3.05, 3.63) is 65.7 Å². The molecule has 2 aromatic heterocycles. The van der Waals surface area contributed by atoms with Crippen molar-refractivity contribution in [2.45, 2.75) is 6.61 Å². The predicted octanol–water partition coefficient (Wildman–Crippen LogP) is 2.49. The number of ether oxygens (including phenoxy) is 2. The van der Waals surface area contributed by atoms with Gasteiger partial charge in [-0.3, -0.25) is 14.6 Å². The van der Waals surface area contributed by atoms with E-state index in [0.717, 1.165) is 11.3 Å². The molecule has 0 fully saturated rings. The molecule has 1 amide bonds. The van der Waals surface area contributed by atoms with Crippen molar-refractivity contribution in [2.75, 3.05) is 7.11 Å². The topological polar surface area (TPSA) is 105 Å². The van der Waals surface area contributed by atoms with Gasteiger partial charge in [0, 0.05) is 11.1 Å². The summed E-state index contributed by atoms with van der Waals surface area (Å²) in [5, 5.41) is 0. The molecule has 3 aromatic rings. The van der Waals surface area contributed by atoms with Crippen LogP contribution in [0.15, 0.2) is 53.1 Å². The third-order valence-electron chi connectivity index (χ3n) is 3.65. The SMILES string of the molecule is COc1ccc(-c2ccc(OCc3cc([C]=O)oc3C(N)=O)cc2)nc1. The zero-order chi connectivity index (χ0) is 18.5. The average molecular weight is 351 g/mol. The highest BCUT2D eigenvalue weighted by Gasteiger charge is 2.16. The summed E-state index contributed by atoms with van der Waals surface area (Å²) in [6.07, 6.45) is 3.22. The second kappa shape index (κ2) is 7.52. The van der Waals surface area contributed by atoms with Crippen LogP contribution in [-0.4, -0.2) is 24.3 Å². The highest BCUT2D eigenvalue weighted by atomic mass is 16.5. The van der Waals surface area contributed by atoms with Gasteiger partial charge < -0.3 is 19.6 Å². The fraction of sp³-hybridized carbons (Fsp3) is 0.105. The molecule has 1 aromatic carbocycles. The van der Waals surface area contributed by atoms with Gasteiger partial charge in [0.2, 0.25) is 0 Å². The first-order valence-electron chi connectivity index (χ1n) is 7.64. The molecule has 131 valence electrons. The minimum absolute atomic E-state index is 0.0313. The maximum Gasteiger partial charge on any atom is 0.284 e. The zero-order valence-electron chi connectivity index (χ0n) is 13.9. The Labute approximate surface area is 149 Å². The van der Waals surface area contributed by atoms with Crippen LogP contribution in [0.5, 0.6) is 11.5 Å². The fourth-order valence-corrected chi connectivity index (χ4v) is 2.35. The molecule has 0 bridgehead atoms. The maximum atomic E-state index is 11.3. The Morgan fingerprint density at radius 1 is 1.19 bits per heavy atom. The van der Waals surface area contributed by atoms with E-state index in [9.17, 15) is 9.59 Å². The highest BCUT2D eigenvalue weighted by molar-refractivity contribution is 5.92. The number of benzene rings is 1. The summed E-state index contributed by atoms with van der Waals surface area (Å²) in [7, 11) is 1.59. The number of nitrogens with two attached hydrogens (primary N) is 1. The van der Waals surface area contributed by atoms with E-state index < -0.39 is 5.91 Å². The van der Waals surface area contributed by atoms with Crippen molar-refractivity contribution in [1.29, 1.82) is 0 Å². The summed E-state index contributed by atoms with van der Waals surface area (Å²) >= 11 is 0. The monoisotopic (exact) mass is 351 g/mol. The summed E-state index contributed by atoms with van der Waals surface area (Å²) in [5.41, 5.74) is 7.32. The third kappa shape index (κ3) is 3.72. The summed E-state index contributed by atoms with van der Waals surface area (Å²) in [6.45, 7) is 0.0313. The second-order valence-corrected chi connectivity index (χ2v) is 5.33. The highest BCUT2D eigenvalue weighted by Crippen LogP contribution is 2.23. The molecule has 0 aliphatic rings. The number of hydrogen-bond donors (Lipinski definition) is 1. The lowest BCUT2D eigenvalue weighted by Crippen LogP contribution is -2.12. The molecular weight excluding hydrogens is 336 g/mol. The molecule has 2 heterocycles. The van der Waals surface area contributed by atoms with Gasteiger partial charge in [-0.1, -0.05) is 0 Å². The summed E-state index contributed by atoms with van der Waals surface area (Å²) < 4.78 is 15.7. The lowest BCUT2D eigenvalue weighted by atomic mass is 10.1. The van der Waals surface area contributed by atoms with Crippen LogP contribution < -0.4 is 15.2 Å². The molecule has 7 heteroatoms. The molecule has 0 atom stereocenters. The third-order valence-corrected chi connectivity index (χ3v) is 3.65. The molecule has 3 rings (SSSR count). The summed E-state index contributed by atoms with van der Waals surface area (Å²) in [6, 6.07) is 12.3. The van der Waals surface area contributed by atoms with Gasteiger partial charge in [-0.05, 0) is 42.5 Å². The van der Waals surface area contributed by atoms with Crippen molar-refractivity contribution in [1.82, 2.24) is 4.98 Å². The van der Waals surface area contributed by atoms with Gasteiger partial charge in [-0.15, -0.1) is 0 Å². The minimum atomic E-state index is -0.772. The molecule has 0 aliphatic heterocycles. The number of amides is 1. The summed E-state index contributed by atoms with van der Waals surface area (Å²) in [4.78, 5) is 26.3. The average Bonchev–Trinajstić information content (AvgIpc) is 3.11. The van der Waals surface area contributed by atoms with E-state index >= 15 is 0 Å². The molecule has 2 N–H and O–H groups in total. The van der Waals surface area contributed by atoms with E-state index in [1.807, 2.05) is 24.3 Å². The van der Waals surface area contributed by atoms with Gasteiger partial charge in [0.25, 0.3) is 12.2 Å². The number of furan rings is 1. The number of aromatic nitrogens is 1. The van der Waals surface area contributed by atoms with Gasteiger partial charge in [0.15, 0.2) is 11.5 Å². The largest absolute Gasteiger partial charge is 0.495 e. The fourth-order valence-electron chi connectivity index (χ4n) is 2.35. The van der Waals surface area contributed by atoms with E-state index in [2.05, 4.69) is 4.98 Å². The standard InChI is InChI=1S/C19H15N2O5/c1-24-15-6-7-17(21-9-15)12-2-4-14(5-3-12)25-11-13-8-16(10-22)26-18(13)19(20)23/h2-9H,11H2,1H3,(H2,20,23). The quantitative estimate of drug-likeness (QED) is 0.701. The molecule has 0 saturated carbocycles. The first-order chi connectivity index (χ1) is 12.6. The van der Waals surface area contributed by atoms with E-state index in [4.69, 9.17) is 19.6 Å². The van der Waals surface area contributed by atoms with Gasteiger partial charge in [-0.25, -0.2) is 0 Å². The number of hydrogen-bond acceptors (Lipinski definition) is 6. The molecule has 7 nitrogen and oxygen atoms in total. The van der Waals surface area contributed by atoms with Gasteiger partial charge in [0.05, 0.1) is 19.0 Å². The molecule has 0 unspecified atom stereocenters. The lowest BCUT2D eigenvalue weighted by molar-refractivity contribution is 0.0970. The number of methoxy groups -OCH3 is 1. The Hall–Kier alpha value is -3.61. The number of rotatable bonds is 7. The van der Waals surface area contributed by atoms with Gasteiger partial charge >= 0.3 is 0 Å². The van der Waals surface area contributed by atoms with Crippen molar-refractivity contribution >= 4 is 12.2 Å². The Morgan fingerprint density at radius 2 is 1.92 bits per heavy atom. The van der Waals surface area contributed by atoms with E-state index in [1.165, 1.54) is 6.07 Å². The Kier molecular flexibility index (Phi) is 4.98. The molecule has 26 heavy (non-hydrogen) atoms. The van der Waals surface area contributed by atoms with Crippen LogP contribution in [0, 0.1) is 0 Å².